The van der Waals surface area contributed by atoms with Gasteiger partial charge >= 0.3 is 18.6 Å². The Morgan fingerprint density at radius 1 is 1.23 bits per heavy atom. The highest BCUT2D eigenvalue weighted by atomic mass is 28.4. The summed E-state index contributed by atoms with van der Waals surface area (Å²) in [5, 5.41) is 0.0995. The van der Waals surface area contributed by atoms with Crippen molar-refractivity contribution in [1.29, 1.82) is 0 Å². The van der Waals surface area contributed by atoms with Gasteiger partial charge in [0.2, 0.25) is 0 Å². The van der Waals surface area contributed by atoms with Crippen LogP contribution >= 0.6 is 0 Å². The lowest BCUT2D eigenvalue weighted by molar-refractivity contribution is -0.791. The van der Waals surface area contributed by atoms with E-state index in [9.17, 15) is 9.59 Å². The molecule has 122 valence electrons. The molecule has 0 aromatic rings. The predicted molar refractivity (Wildman–Crippen MR) is 84.8 cm³/mol. The lowest BCUT2D eigenvalue weighted by atomic mass is 9.70. The molecule has 22 heavy (non-hydrogen) atoms. The minimum absolute atomic E-state index is 0.0881. The number of nitrogens with zero attached hydrogens (tertiary/aromatic N) is 1. The maximum atomic E-state index is 11.6. The van der Waals surface area contributed by atoms with Crippen LogP contribution in [0.2, 0.25) is 18.1 Å². The fourth-order valence-electron chi connectivity index (χ4n) is 2.41. The average molecular weight is 325 g/mol. The zero-order valence-corrected chi connectivity index (χ0v) is 15.2. The molecule has 2 fully saturated rings. The summed E-state index contributed by atoms with van der Waals surface area (Å²) in [6.45, 7) is 8.97. The molecular weight excluding hydrogens is 301 g/mol. The van der Waals surface area contributed by atoms with Gasteiger partial charge in [-0.25, -0.2) is 0 Å². The monoisotopic (exact) mass is 325 g/mol. The SMILES string of the molecule is CC(C)(C)[Si](C)(C)OCC#C[B-]12OC(=O)C[N+]1(C)CC(=O)O2. The molecule has 0 bridgehead atoms. The van der Waals surface area contributed by atoms with Crippen molar-refractivity contribution in [3.63, 3.8) is 0 Å². The zero-order chi connectivity index (χ0) is 16.8. The highest BCUT2D eigenvalue weighted by molar-refractivity contribution is 6.74. The van der Waals surface area contributed by atoms with Gasteiger partial charge in [-0.1, -0.05) is 20.8 Å². The van der Waals surface area contributed by atoms with Crippen molar-refractivity contribution in [2.75, 3.05) is 26.7 Å². The van der Waals surface area contributed by atoms with E-state index in [1.165, 1.54) is 0 Å². The summed E-state index contributed by atoms with van der Waals surface area (Å²) in [5.74, 6) is 5.02. The lowest BCUT2D eigenvalue weighted by Gasteiger charge is -2.36. The summed E-state index contributed by atoms with van der Waals surface area (Å²) in [4.78, 5) is 23.2. The van der Waals surface area contributed by atoms with Gasteiger partial charge in [0.1, 0.15) is 13.1 Å². The number of rotatable bonds is 2. The Balaban J connectivity index is 2.11. The van der Waals surface area contributed by atoms with Crippen molar-refractivity contribution < 1.29 is 27.7 Å². The van der Waals surface area contributed by atoms with Crippen LogP contribution in [0.3, 0.4) is 0 Å². The van der Waals surface area contributed by atoms with Crippen molar-refractivity contribution in [1.82, 2.24) is 0 Å². The standard InChI is InChI=1S/C14H24BNO5Si/c1-14(2,3)22(5,6)19-9-7-8-15-16(4,10-12(17)20-15)11-13(18)21-15/h9-11H2,1-6H3. The second-order valence-corrected chi connectivity index (χ2v) is 12.6. The highest BCUT2D eigenvalue weighted by Gasteiger charge is 2.64. The third-order valence-corrected chi connectivity index (χ3v) is 9.46. The molecule has 0 aromatic heterocycles. The summed E-state index contributed by atoms with van der Waals surface area (Å²) in [7, 11) is -0.116. The van der Waals surface area contributed by atoms with Crippen LogP contribution in [0.4, 0.5) is 0 Å². The summed E-state index contributed by atoms with van der Waals surface area (Å²) in [5.41, 5.74) is 0. The van der Waals surface area contributed by atoms with Crippen LogP contribution in [0.15, 0.2) is 0 Å². The fraction of sp³-hybridized carbons (Fsp3) is 0.714. The Morgan fingerprint density at radius 3 is 2.18 bits per heavy atom. The van der Waals surface area contributed by atoms with E-state index in [0.717, 1.165) is 0 Å². The van der Waals surface area contributed by atoms with Gasteiger partial charge in [0, 0.05) is 7.05 Å². The Kier molecular flexibility index (Phi) is 3.97. The molecule has 0 atom stereocenters. The number of likely N-dealkylation sites (N-methyl/N-ethyl adjacent to an activating group) is 1. The van der Waals surface area contributed by atoms with Crippen molar-refractivity contribution >= 4 is 26.9 Å². The number of quaternary nitrogens is 1. The Hall–Kier alpha value is -1.30. The smallest absolute Gasteiger partial charge is 0.589 e. The van der Waals surface area contributed by atoms with E-state index in [-0.39, 0.29) is 41.1 Å². The van der Waals surface area contributed by atoms with Crippen LogP contribution < -0.4 is 0 Å². The fourth-order valence-corrected chi connectivity index (χ4v) is 3.28. The van der Waals surface area contributed by atoms with E-state index in [1.54, 1.807) is 7.05 Å². The molecular formula is C14H24BNO5Si. The van der Waals surface area contributed by atoms with Crippen LogP contribution in [0.5, 0.6) is 0 Å². The molecule has 0 aliphatic carbocycles. The summed E-state index contributed by atoms with van der Waals surface area (Å²) in [6.07, 6.45) is 0. The minimum atomic E-state index is -2.25. The third kappa shape index (κ3) is 2.81. The van der Waals surface area contributed by atoms with Gasteiger partial charge in [-0.3, -0.25) is 9.59 Å². The van der Waals surface area contributed by atoms with Crippen molar-refractivity contribution in [3.8, 4) is 11.7 Å². The molecule has 8 heteroatoms. The molecule has 0 amide bonds. The van der Waals surface area contributed by atoms with Crippen LogP contribution in [-0.4, -0.2) is 58.1 Å². The molecule has 2 saturated heterocycles. The maximum absolute atomic E-state index is 11.6. The Morgan fingerprint density at radius 2 is 1.73 bits per heavy atom. The lowest BCUT2D eigenvalue weighted by Crippen LogP contribution is -2.59. The molecule has 2 aliphatic rings. The minimum Gasteiger partial charge on any atom is -0.589 e. The first kappa shape index (κ1) is 17.1. The van der Waals surface area contributed by atoms with Gasteiger partial charge in [0.15, 0.2) is 8.32 Å². The van der Waals surface area contributed by atoms with Gasteiger partial charge < -0.3 is 18.1 Å². The van der Waals surface area contributed by atoms with Crippen LogP contribution in [0.25, 0.3) is 0 Å². The molecule has 0 saturated carbocycles. The van der Waals surface area contributed by atoms with Gasteiger partial charge in [-0.15, -0.1) is 11.7 Å². The summed E-state index contributed by atoms with van der Waals surface area (Å²) in [6, 6.07) is 0. The van der Waals surface area contributed by atoms with Crippen LogP contribution in [0.1, 0.15) is 20.8 Å². The predicted octanol–water partition coefficient (Wildman–Crippen LogP) is 1.05. The first-order chi connectivity index (χ1) is 9.91. The molecule has 2 aliphatic heterocycles. The maximum Gasteiger partial charge on any atom is 0.661 e. The normalized spacial score (nSPS) is 31.2. The molecule has 2 rings (SSSR count). The zero-order valence-electron chi connectivity index (χ0n) is 14.2. The van der Waals surface area contributed by atoms with E-state index in [0.29, 0.717) is 0 Å². The van der Waals surface area contributed by atoms with E-state index < -0.39 is 15.0 Å². The number of hydrogen-bond donors (Lipinski definition) is 0. The topological polar surface area (TPSA) is 61.8 Å². The van der Waals surface area contributed by atoms with E-state index in [1.807, 2.05) is 0 Å². The first-order valence-electron chi connectivity index (χ1n) is 7.47. The molecule has 2 heterocycles. The molecule has 0 unspecified atom stereocenters. The number of hydrogen-bond acceptors (Lipinski definition) is 5. The largest absolute Gasteiger partial charge is 0.661 e. The van der Waals surface area contributed by atoms with Crippen LogP contribution in [0, 0.1) is 11.7 Å². The van der Waals surface area contributed by atoms with Crippen molar-refractivity contribution in [3.05, 3.63) is 0 Å². The van der Waals surface area contributed by atoms with Crippen molar-refractivity contribution in [2.24, 2.45) is 0 Å². The Labute approximate surface area is 132 Å². The average Bonchev–Trinajstić information content (AvgIpc) is 2.66. The second-order valence-electron chi connectivity index (χ2n) is 7.82. The number of carbonyl (C=O) groups excluding carboxylic acids is 2. The number of fused-ring (bicyclic) bond motifs is 1. The van der Waals surface area contributed by atoms with Gasteiger partial charge in [-0.2, -0.15) is 0 Å². The molecule has 0 spiro atoms. The van der Waals surface area contributed by atoms with Gasteiger partial charge in [0.25, 0.3) is 0 Å². The third-order valence-electron chi connectivity index (χ3n) is 4.98. The van der Waals surface area contributed by atoms with Gasteiger partial charge in [-0.05, 0) is 18.1 Å². The summed E-state index contributed by atoms with van der Waals surface area (Å²) < 4.78 is 16.6. The molecule has 0 radical (unpaired) electrons. The molecule has 0 N–H and O–H groups in total. The number of carbonyl (C=O) groups is 2. The highest BCUT2D eigenvalue weighted by Crippen LogP contribution is 2.36. The molecule has 0 aromatic carbocycles. The summed E-state index contributed by atoms with van der Waals surface area (Å²) >= 11 is 0. The Bertz CT molecular complexity index is 552. The van der Waals surface area contributed by atoms with E-state index in [2.05, 4.69) is 45.6 Å². The van der Waals surface area contributed by atoms with E-state index in [4.69, 9.17) is 13.7 Å². The van der Waals surface area contributed by atoms with E-state index >= 15 is 0 Å². The quantitative estimate of drug-likeness (QED) is 0.561. The molecule has 6 nitrogen and oxygen atoms in total. The van der Waals surface area contributed by atoms with Crippen molar-refractivity contribution in [2.45, 2.75) is 38.9 Å². The van der Waals surface area contributed by atoms with Gasteiger partial charge in [0.05, 0.1) is 6.61 Å². The van der Waals surface area contributed by atoms with Crippen LogP contribution in [-0.2, 0) is 23.3 Å². The second kappa shape index (κ2) is 5.12. The first-order valence-corrected chi connectivity index (χ1v) is 10.4.